The summed E-state index contributed by atoms with van der Waals surface area (Å²) >= 11 is 5.30. The van der Waals surface area contributed by atoms with E-state index in [1.807, 2.05) is 12.1 Å². The van der Waals surface area contributed by atoms with Gasteiger partial charge in [-0.2, -0.15) is 0 Å². The van der Waals surface area contributed by atoms with Gasteiger partial charge in [-0.25, -0.2) is 0 Å². The van der Waals surface area contributed by atoms with Crippen LogP contribution in [0.3, 0.4) is 0 Å². The number of thiophene rings is 1. The van der Waals surface area contributed by atoms with Crippen LogP contribution in [0.2, 0.25) is 0 Å². The molecular formula is C15H18BrNOS. The van der Waals surface area contributed by atoms with Gasteiger partial charge in [-0.15, -0.1) is 11.3 Å². The smallest absolute Gasteiger partial charge is 0.118 e. The molecule has 1 unspecified atom stereocenters. The highest BCUT2D eigenvalue weighted by Gasteiger charge is 2.12. The lowest BCUT2D eigenvalue weighted by Gasteiger charge is -2.24. The first-order valence-corrected chi connectivity index (χ1v) is 7.79. The highest BCUT2D eigenvalue weighted by molar-refractivity contribution is 9.11. The molecule has 0 bridgehead atoms. The van der Waals surface area contributed by atoms with Crippen molar-refractivity contribution < 1.29 is 4.74 Å². The first-order chi connectivity index (χ1) is 9.10. The molecule has 0 aliphatic carbocycles. The van der Waals surface area contributed by atoms with Crippen molar-refractivity contribution in [1.29, 1.82) is 0 Å². The Labute approximate surface area is 127 Å². The minimum atomic E-state index is 0.381. The summed E-state index contributed by atoms with van der Waals surface area (Å²) < 4.78 is 6.38. The molecule has 1 heterocycles. The Morgan fingerprint density at radius 3 is 2.42 bits per heavy atom. The second-order valence-electron chi connectivity index (χ2n) is 4.57. The van der Waals surface area contributed by atoms with Gasteiger partial charge in [0.1, 0.15) is 5.75 Å². The van der Waals surface area contributed by atoms with Gasteiger partial charge < -0.3 is 4.74 Å². The van der Waals surface area contributed by atoms with Gasteiger partial charge in [-0.1, -0.05) is 12.1 Å². The van der Waals surface area contributed by atoms with Crippen molar-refractivity contribution in [3.05, 3.63) is 50.6 Å². The molecular weight excluding hydrogens is 322 g/mol. The SMILES string of the molecule is COc1ccc(C(C)N(C)Cc2ccc(Br)s2)cc1. The van der Waals surface area contributed by atoms with E-state index in [-0.39, 0.29) is 0 Å². The molecule has 0 saturated heterocycles. The Hall–Kier alpha value is -0.840. The first kappa shape index (κ1) is 14.6. The third kappa shape index (κ3) is 3.81. The van der Waals surface area contributed by atoms with Gasteiger partial charge in [0, 0.05) is 17.5 Å². The Bertz CT molecular complexity index is 523. The van der Waals surface area contributed by atoms with E-state index < -0.39 is 0 Å². The molecule has 19 heavy (non-hydrogen) atoms. The Morgan fingerprint density at radius 2 is 1.89 bits per heavy atom. The van der Waals surface area contributed by atoms with Crippen molar-refractivity contribution in [3.8, 4) is 5.75 Å². The van der Waals surface area contributed by atoms with E-state index in [1.165, 1.54) is 14.2 Å². The largest absolute Gasteiger partial charge is 0.497 e. The molecule has 1 aromatic carbocycles. The molecule has 0 aliphatic heterocycles. The van der Waals surface area contributed by atoms with Gasteiger partial charge >= 0.3 is 0 Å². The van der Waals surface area contributed by atoms with Gasteiger partial charge in [0.15, 0.2) is 0 Å². The number of hydrogen-bond donors (Lipinski definition) is 0. The first-order valence-electron chi connectivity index (χ1n) is 6.18. The molecule has 0 saturated carbocycles. The number of ether oxygens (including phenoxy) is 1. The summed E-state index contributed by atoms with van der Waals surface area (Å²) in [5, 5.41) is 0. The highest BCUT2D eigenvalue weighted by Crippen LogP contribution is 2.27. The van der Waals surface area contributed by atoms with Crippen LogP contribution < -0.4 is 4.74 Å². The molecule has 4 heteroatoms. The van der Waals surface area contributed by atoms with Crippen LogP contribution >= 0.6 is 27.3 Å². The minimum absolute atomic E-state index is 0.381. The molecule has 0 amide bonds. The van der Waals surface area contributed by atoms with Crippen LogP contribution in [0.25, 0.3) is 0 Å². The summed E-state index contributed by atoms with van der Waals surface area (Å²) in [6.45, 7) is 3.19. The second-order valence-corrected chi connectivity index (χ2v) is 7.12. The molecule has 2 nitrogen and oxygen atoms in total. The molecule has 0 N–H and O–H groups in total. The van der Waals surface area contributed by atoms with Gasteiger partial charge in [-0.05, 0) is 59.7 Å². The van der Waals surface area contributed by atoms with E-state index in [9.17, 15) is 0 Å². The summed E-state index contributed by atoms with van der Waals surface area (Å²) in [6.07, 6.45) is 0. The predicted molar refractivity (Wildman–Crippen MR) is 84.9 cm³/mol. The van der Waals surface area contributed by atoms with Crippen molar-refractivity contribution >= 4 is 27.3 Å². The van der Waals surface area contributed by atoms with Crippen LogP contribution in [-0.4, -0.2) is 19.1 Å². The highest BCUT2D eigenvalue weighted by atomic mass is 79.9. The molecule has 1 aromatic heterocycles. The summed E-state index contributed by atoms with van der Waals surface area (Å²) in [5.74, 6) is 0.904. The van der Waals surface area contributed by atoms with Crippen LogP contribution in [0.1, 0.15) is 23.4 Å². The van der Waals surface area contributed by atoms with E-state index in [0.717, 1.165) is 12.3 Å². The van der Waals surface area contributed by atoms with Crippen LogP contribution in [0.5, 0.6) is 5.75 Å². The zero-order chi connectivity index (χ0) is 13.8. The normalized spacial score (nSPS) is 12.7. The summed E-state index contributed by atoms with van der Waals surface area (Å²) in [5.41, 5.74) is 1.30. The fraction of sp³-hybridized carbons (Fsp3) is 0.333. The van der Waals surface area contributed by atoms with Crippen LogP contribution in [0.4, 0.5) is 0 Å². The van der Waals surface area contributed by atoms with E-state index in [0.29, 0.717) is 6.04 Å². The van der Waals surface area contributed by atoms with Crippen LogP contribution in [0.15, 0.2) is 40.2 Å². The minimum Gasteiger partial charge on any atom is -0.497 e. The number of methoxy groups -OCH3 is 1. The van der Waals surface area contributed by atoms with E-state index in [2.05, 4.69) is 59.1 Å². The molecule has 2 aromatic rings. The topological polar surface area (TPSA) is 12.5 Å². The Balaban J connectivity index is 2.03. The molecule has 2 rings (SSSR count). The maximum absolute atomic E-state index is 5.19. The van der Waals surface area contributed by atoms with Crippen molar-refractivity contribution in [2.75, 3.05) is 14.2 Å². The van der Waals surface area contributed by atoms with Gasteiger partial charge in [0.05, 0.1) is 10.9 Å². The third-order valence-electron chi connectivity index (χ3n) is 3.29. The maximum Gasteiger partial charge on any atom is 0.118 e. The zero-order valence-corrected chi connectivity index (χ0v) is 13.8. The third-order valence-corrected chi connectivity index (χ3v) is 4.90. The predicted octanol–water partition coefficient (Wildman–Crippen LogP) is 4.71. The van der Waals surface area contributed by atoms with Gasteiger partial charge in [0.2, 0.25) is 0 Å². The lowest BCUT2D eigenvalue weighted by Crippen LogP contribution is -2.21. The summed E-state index contributed by atoms with van der Waals surface area (Å²) in [4.78, 5) is 3.72. The number of benzene rings is 1. The van der Waals surface area contributed by atoms with Crippen molar-refractivity contribution in [2.45, 2.75) is 19.5 Å². The van der Waals surface area contributed by atoms with Crippen LogP contribution in [0, 0.1) is 0 Å². The average molecular weight is 340 g/mol. The fourth-order valence-corrected chi connectivity index (χ4v) is 3.50. The van der Waals surface area contributed by atoms with E-state index in [1.54, 1.807) is 18.4 Å². The van der Waals surface area contributed by atoms with Gasteiger partial charge in [-0.3, -0.25) is 4.90 Å². The molecule has 0 aliphatic rings. The standard InChI is InChI=1S/C15H18BrNOS/c1-11(12-4-6-13(18-3)7-5-12)17(2)10-14-8-9-15(16)19-14/h4-9,11H,10H2,1-3H3. The molecule has 0 fully saturated rings. The number of rotatable bonds is 5. The fourth-order valence-electron chi connectivity index (χ4n) is 1.96. The van der Waals surface area contributed by atoms with Crippen molar-refractivity contribution in [3.63, 3.8) is 0 Å². The molecule has 1 atom stereocenters. The summed E-state index contributed by atoms with van der Waals surface area (Å²) in [7, 11) is 3.85. The Morgan fingerprint density at radius 1 is 1.21 bits per heavy atom. The van der Waals surface area contributed by atoms with Crippen molar-refractivity contribution in [1.82, 2.24) is 4.90 Å². The monoisotopic (exact) mass is 339 g/mol. The number of hydrogen-bond acceptors (Lipinski definition) is 3. The van der Waals surface area contributed by atoms with Gasteiger partial charge in [0.25, 0.3) is 0 Å². The average Bonchev–Trinajstić information content (AvgIpc) is 2.83. The van der Waals surface area contributed by atoms with Crippen LogP contribution in [-0.2, 0) is 6.54 Å². The lowest BCUT2D eigenvalue weighted by atomic mass is 10.1. The molecule has 102 valence electrons. The Kier molecular flexibility index (Phi) is 5.02. The number of nitrogens with zero attached hydrogens (tertiary/aromatic N) is 1. The van der Waals surface area contributed by atoms with Crippen molar-refractivity contribution in [2.24, 2.45) is 0 Å². The summed E-state index contributed by atoms with van der Waals surface area (Å²) in [6, 6.07) is 12.9. The van der Waals surface area contributed by atoms with E-state index in [4.69, 9.17) is 4.74 Å². The second kappa shape index (κ2) is 6.55. The molecule has 0 spiro atoms. The molecule has 0 radical (unpaired) electrons. The zero-order valence-electron chi connectivity index (χ0n) is 11.4. The number of halogens is 1. The lowest BCUT2D eigenvalue weighted by molar-refractivity contribution is 0.255. The maximum atomic E-state index is 5.19. The quantitative estimate of drug-likeness (QED) is 0.781. The van der Waals surface area contributed by atoms with E-state index >= 15 is 0 Å².